The van der Waals surface area contributed by atoms with Crippen LogP contribution in [0.1, 0.15) is 35.7 Å². The van der Waals surface area contributed by atoms with Gasteiger partial charge in [0.1, 0.15) is 5.69 Å². The van der Waals surface area contributed by atoms with E-state index in [2.05, 4.69) is 10.3 Å². The monoisotopic (exact) mass is 572 g/mol. The summed E-state index contributed by atoms with van der Waals surface area (Å²) in [6.07, 6.45) is 5.18. The van der Waals surface area contributed by atoms with Gasteiger partial charge >= 0.3 is 0 Å². The van der Waals surface area contributed by atoms with Crippen molar-refractivity contribution in [1.82, 2.24) is 23.7 Å². The fraction of sp³-hybridized carbons (Fsp3) is 0.241. The molecule has 1 aliphatic heterocycles. The van der Waals surface area contributed by atoms with Crippen LogP contribution in [-0.4, -0.2) is 57.0 Å². The van der Waals surface area contributed by atoms with E-state index >= 15 is 0 Å². The Hall–Kier alpha value is -3.93. The van der Waals surface area contributed by atoms with E-state index in [1.165, 1.54) is 15.6 Å². The number of carbonyl (C=O) groups is 1. The van der Waals surface area contributed by atoms with Crippen molar-refractivity contribution in [3.63, 3.8) is 0 Å². The van der Waals surface area contributed by atoms with E-state index in [-0.39, 0.29) is 11.8 Å². The summed E-state index contributed by atoms with van der Waals surface area (Å²) in [6, 6.07) is 16.1. The molecule has 11 heteroatoms. The van der Waals surface area contributed by atoms with Gasteiger partial charge in [-0.25, -0.2) is 23.4 Å². The summed E-state index contributed by atoms with van der Waals surface area (Å²) < 4.78 is 30.1. The van der Waals surface area contributed by atoms with E-state index < -0.39 is 10.0 Å². The maximum Gasteiger partial charge on any atom is 0.243 e. The molecule has 1 N–H and O–H groups in total. The van der Waals surface area contributed by atoms with Crippen molar-refractivity contribution < 1.29 is 13.2 Å². The van der Waals surface area contributed by atoms with Gasteiger partial charge in [0.25, 0.3) is 0 Å². The fourth-order valence-electron chi connectivity index (χ4n) is 5.00. The van der Waals surface area contributed by atoms with E-state index in [9.17, 15) is 13.2 Å². The Labute approximate surface area is 236 Å². The van der Waals surface area contributed by atoms with Gasteiger partial charge < -0.3 is 5.32 Å². The Morgan fingerprint density at radius 3 is 2.73 bits per heavy atom. The molecule has 9 nitrogen and oxygen atoms in total. The van der Waals surface area contributed by atoms with Gasteiger partial charge in [0, 0.05) is 48.0 Å². The number of hydrogen-bond donors (Lipinski definition) is 1. The molecule has 1 atom stereocenters. The smallest absolute Gasteiger partial charge is 0.243 e. The number of rotatable bonds is 7. The molecule has 204 valence electrons. The fourth-order valence-corrected chi connectivity index (χ4v) is 7.24. The molecule has 0 saturated carbocycles. The topological polar surface area (TPSA) is 110 Å². The molecule has 40 heavy (non-hydrogen) atoms. The van der Waals surface area contributed by atoms with Crippen molar-refractivity contribution >= 4 is 38.1 Å². The number of aryl methyl sites for hydroxylation is 1. The molecule has 0 unspecified atom stereocenters. The van der Waals surface area contributed by atoms with Crippen LogP contribution < -0.4 is 5.32 Å². The highest BCUT2D eigenvalue weighted by molar-refractivity contribution is 7.89. The summed E-state index contributed by atoms with van der Waals surface area (Å²) in [5.41, 5.74) is 4.67. The van der Waals surface area contributed by atoms with Gasteiger partial charge in [-0.05, 0) is 51.0 Å². The lowest BCUT2D eigenvalue weighted by Gasteiger charge is -2.32. The number of imidazole rings is 1. The van der Waals surface area contributed by atoms with E-state index in [1.54, 1.807) is 31.3 Å². The number of nitrogens with one attached hydrogen (secondary N) is 1. The number of thiazole rings is 1. The molecule has 3 aromatic heterocycles. The Kier molecular flexibility index (Phi) is 6.95. The van der Waals surface area contributed by atoms with Crippen molar-refractivity contribution in [3.8, 4) is 22.6 Å². The van der Waals surface area contributed by atoms with Crippen LogP contribution in [0.3, 0.4) is 0 Å². The van der Waals surface area contributed by atoms with Gasteiger partial charge in [0.05, 0.1) is 16.3 Å². The Bertz CT molecular complexity index is 1810. The predicted molar refractivity (Wildman–Crippen MR) is 156 cm³/mol. The quantitative estimate of drug-likeness (QED) is 0.264. The van der Waals surface area contributed by atoms with E-state index in [0.717, 1.165) is 40.3 Å². The summed E-state index contributed by atoms with van der Waals surface area (Å²) >= 11 is 1.52. The number of benzene rings is 2. The van der Waals surface area contributed by atoms with Gasteiger partial charge in [0.2, 0.25) is 16.0 Å². The maximum atomic E-state index is 13.3. The van der Waals surface area contributed by atoms with E-state index in [1.807, 2.05) is 59.3 Å². The second kappa shape index (κ2) is 10.6. The lowest BCUT2D eigenvalue weighted by atomic mass is 10.0. The number of fused-ring (bicyclic) bond motifs is 1. The highest BCUT2D eigenvalue weighted by Gasteiger charge is 2.30. The zero-order valence-corrected chi connectivity index (χ0v) is 23.7. The number of Topliss-reactive ketones (excluding diaryl/α,β-unsaturated/α-hetero) is 1. The van der Waals surface area contributed by atoms with Gasteiger partial charge in [-0.1, -0.05) is 35.9 Å². The molecule has 1 aliphatic rings. The Morgan fingerprint density at radius 1 is 1.10 bits per heavy atom. The summed E-state index contributed by atoms with van der Waals surface area (Å²) in [4.78, 5) is 27.3. The number of anilines is 1. The lowest BCUT2D eigenvalue weighted by molar-refractivity contribution is 0.101. The van der Waals surface area contributed by atoms with Gasteiger partial charge in [-0.3, -0.25) is 9.20 Å². The molecular weight excluding hydrogens is 544 g/mol. The number of aromatic nitrogens is 4. The first-order valence-corrected chi connectivity index (χ1v) is 15.4. The Morgan fingerprint density at radius 2 is 1.93 bits per heavy atom. The van der Waals surface area contributed by atoms with Gasteiger partial charge in [-0.15, -0.1) is 11.3 Å². The van der Waals surface area contributed by atoms with Crippen molar-refractivity contribution in [1.29, 1.82) is 0 Å². The van der Waals surface area contributed by atoms with Crippen molar-refractivity contribution in [2.75, 3.05) is 18.4 Å². The summed E-state index contributed by atoms with van der Waals surface area (Å²) in [7, 11) is -3.59. The molecule has 0 amide bonds. The van der Waals surface area contributed by atoms with Crippen LogP contribution in [0.5, 0.6) is 0 Å². The molecule has 1 fully saturated rings. The minimum absolute atomic E-state index is 0.0103. The van der Waals surface area contributed by atoms with Crippen LogP contribution in [0.4, 0.5) is 5.95 Å². The number of piperidine rings is 1. The predicted octanol–water partition coefficient (Wildman–Crippen LogP) is 5.30. The zero-order chi connectivity index (χ0) is 27.9. The summed E-state index contributed by atoms with van der Waals surface area (Å²) in [6.45, 7) is 4.29. The van der Waals surface area contributed by atoms with Crippen LogP contribution in [0.25, 0.3) is 27.6 Å². The van der Waals surface area contributed by atoms with Crippen LogP contribution in [0.15, 0.2) is 77.3 Å². The molecule has 6 rings (SSSR count). The third kappa shape index (κ3) is 5.03. The average Bonchev–Trinajstić information content (AvgIpc) is 3.55. The molecule has 0 spiro atoms. The first-order valence-electron chi connectivity index (χ1n) is 13.0. The average molecular weight is 573 g/mol. The van der Waals surface area contributed by atoms with Crippen LogP contribution >= 0.6 is 11.3 Å². The number of hydrogen-bond acceptors (Lipinski definition) is 8. The molecular formula is C29H28N6O3S2. The largest absolute Gasteiger partial charge is 0.350 e. The highest BCUT2D eigenvalue weighted by atomic mass is 32.2. The SMILES string of the molecule is CC(=O)c1cccc(-c2nc3sccn3c2-c2ccnc(N[C@@H]3CCCN(S(=O)(=O)c4ccc(C)cc4)C3)n2)c1. The Balaban J connectivity index is 1.29. The van der Waals surface area contributed by atoms with Crippen molar-refractivity contribution in [2.24, 2.45) is 0 Å². The van der Waals surface area contributed by atoms with Gasteiger partial charge in [0.15, 0.2) is 10.7 Å². The third-order valence-corrected chi connectivity index (χ3v) is 9.71. The summed E-state index contributed by atoms with van der Waals surface area (Å²) in [5.74, 6) is 0.412. The second-order valence-corrected chi connectivity index (χ2v) is 12.7. The van der Waals surface area contributed by atoms with Crippen LogP contribution in [-0.2, 0) is 10.0 Å². The standard InChI is InChI=1S/C29H28N6O3S2/c1-19-8-10-24(11-9-19)40(37,38)34-14-4-7-23(18-34)31-28-30-13-12-25(32-28)27-26(33-29-35(27)15-16-39-29)22-6-3-5-21(17-22)20(2)36/h3,5-6,8-13,15-17,23H,4,7,14,18H2,1-2H3,(H,30,31,32)/t23-/m1/s1. The van der Waals surface area contributed by atoms with Crippen molar-refractivity contribution in [3.05, 3.63) is 83.5 Å². The first kappa shape index (κ1) is 26.3. The van der Waals surface area contributed by atoms with Crippen LogP contribution in [0.2, 0.25) is 0 Å². The number of ketones is 1. The maximum absolute atomic E-state index is 13.3. The molecule has 4 heterocycles. The minimum atomic E-state index is -3.59. The highest BCUT2D eigenvalue weighted by Crippen LogP contribution is 2.34. The third-order valence-electron chi connectivity index (χ3n) is 7.08. The number of carbonyl (C=O) groups excluding carboxylic acids is 1. The van der Waals surface area contributed by atoms with E-state index in [0.29, 0.717) is 35.2 Å². The van der Waals surface area contributed by atoms with Crippen molar-refractivity contribution in [2.45, 2.75) is 37.6 Å². The lowest BCUT2D eigenvalue weighted by Crippen LogP contribution is -2.45. The van der Waals surface area contributed by atoms with E-state index in [4.69, 9.17) is 9.97 Å². The molecule has 5 aromatic rings. The van der Waals surface area contributed by atoms with Crippen LogP contribution in [0, 0.1) is 6.92 Å². The molecule has 1 saturated heterocycles. The molecule has 0 radical (unpaired) electrons. The minimum Gasteiger partial charge on any atom is -0.350 e. The first-order chi connectivity index (χ1) is 19.3. The van der Waals surface area contributed by atoms with Gasteiger partial charge in [-0.2, -0.15) is 4.31 Å². The summed E-state index contributed by atoms with van der Waals surface area (Å²) in [5, 5.41) is 5.34. The molecule has 0 aliphatic carbocycles. The number of nitrogens with zero attached hydrogens (tertiary/aromatic N) is 5. The molecule has 2 aromatic carbocycles. The number of sulfonamides is 1. The zero-order valence-electron chi connectivity index (χ0n) is 22.1. The second-order valence-electron chi connectivity index (χ2n) is 9.93. The molecule has 0 bridgehead atoms. The normalized spacial score (nSPS) is 16.3.